The van der Waals surface area contributed by atoms with Gasteiger partial charge in [0.05, 0.1) is 14.6 Å². The van der Waals surface area contributed by atoms with Gasteiger partial charge in [-0.2, -0.15) is 8.42 Å². The van der Waals surface area contributed by atoms with Gasteiger partial charge in [0.1, 0.15) is 10.5 Å². The number of nitrogens with one attached hydrogen (secondary N) is 1. The Hall–Kier alpha value is -2.99. The Balaban J connectivity index is 1.66. The fourth-order valence-electron chi connectivity index (χ4n) is 3.25. The predicted octanol–water partition coefficient (Wildman–Crippen LogP) is 5.61. The van der Waals surface area contributed by atoms with Crippen molar-refractivity contribution in [3.63, 3.8) is 0 Å². The number of aryl methyl sites for hydroxylation is 1. The summed E-state index contributed by atoms with van der Waals surface area (Å²) in [6.45, 7) is 1.83. The summed E-state index contributed by atoms with van der Waals surface area (Å²) in [5.41, 5.74) is 1.18. The number of hydrogen-bond acceptors (Lipinski definition) is 6. The molecule has 0 atom stereocenters. The third kappa shape index (κ3) is 5.39. The molecule has 0 saturated carbocycles. The number of amides is 4. The van der Waals surface area contributed by atoms with E-state index in [1.807, 2.05) is 6.92 Å². The first-order chi connectivity index (χ1) is 17.0. The molecule has 1 N–H and O–H groups in total. The van der Waals surface area contributed by atoms with Crippen LogP contribution in [0.15, 0.2) is 80.1 Å². The number of benzene rings is 3. The van der Waals surface area contributed by atoms with Crippen LogP contribution in [-0.2, 0) is 19.7 Å². The largest absolute Gasteiger partial charge is 0.377 e. The molecule has 3 aromatic rings. The first kappa shape index (κ1) is 26.1. The fourth-order valence-corrected chi connectivity index (χ4v) is 5.94. The van der Waals surface area contributed by atoms with E-state index in [4.69, 9.17) is 15.8 Å². The molecule has 184 valence electrons. The molecule has 8 nitrogen and oxygen atoms in total. The van der Waals surface area contributed by atoms with Gasteiger partial charge in [0.15, 0.2) is 5.75 Å². The van der Waals surface area contributed by atoms with E-state index in [9.17, 15) is 22.8 Å². The molecule has 36 heavy (non-hydrogen) atoms. The molecule has 0 radical (unpaired) electrons. The molecule has 4 amide bonds. The van der Waals surface area contributed by atoms with Crippen molar-refractivity contribution in [3.8, 4) is 5.75 Å². The minimum Gasteiger partial charge on any atom is -0.377 e. The first-order valence-corrected chi connectivity index (χ1v) is 13.5. The zero-order chi connectivity index (χ0) is 26.2. The molecule has 1 fully saturated rings. The van der Waals surface area contributed by atoms with E-state index in [1.54, 1.807) is 12.1 Å². The van der Waals surface area contributed by atoms with Gasteiger partial charge in [0.2, 0.25) is 0 Å². The van der Waals surface area contributed by atoms with Crippen LogP contribution < -0.4 is 14.4 Å². The molecule has 1 heterocycles. The van der Waals surface area contributed by atoms with E-state index in [2.05, 4.69) is 37.2 Å². The van der Waals surface area contributed by atoms with Crippen LogP contribution in [0.25, 0.3) is 6.08 Å². The van der Waals surface area contributed by atoms with Crippen molar-refractivity contribution >= 4 is 83.2 Å². The van der Waals surface area contributed by atoms with Gasteiger partial charge >= 0.3 is 16.1 Å². The lowest BCUT2D eigenvalue weighted by Gasteiger charge is -2.26. The van der Waals surface area contributed by atoms with E-state index in [0.29, 0.717) is 10.6 Å². The number of rotatable bonds is 5. The Bertz CT molecular complexity index is 1510. The number of hydrogen-bond donors (Lipinski definition) is 1. The van der Waals surface area contributed by atoms with Crippen LogP contribution in [-0.4, -0.2) is 26.3 Å². The molecule has 0 spiro atoms. The molecular formula is C24H15Br2ClN2O6S. The molecule has 1 aliphatic rings. The van der Waals surface area contributed by atoms with Crippen molar-refractivity contribution < 1.29 is 27.0 Å². The monoisotopic (exact) mass is 652 g/mol. The molecule has 0 aliphatic carbocycles. The van der Waals surface area contributed by atoms with E-state index < -0.39 is 28.0 Å². The summed E-state index contributed by atoms with van der Waals surface area (Å²) in [7, 11) is -4.13. The highest BCUT2D eigenvalue weighted by Crippen LogP contribution is 2.37. The number of carbonyl (C=O) groups is 3. The lowest BCUT2D eigenvalue weighted by molar-refractivity contribution is -0.122. The lowest BCUT2D eigenvalue weighted by atomic mass is 10.1. The highest BCUT2D eigenvalue weighted by molar-refractivity contribution is 9.11. The number of anilines is 1. The summed E-state index contributed by atoms with van der Waals surface area (Å²) in [6, 6.07) is 14.2. The van der Waals surface area contributed by atoms with Gasteiger partial charge in [0.25, 0.3) is 11.8 Å². The van der Waals surface area contributed by atoms with Crippen LogP contribution in [0.5, 0.6) is 5.75 Å². The number of carbonyl (C=O) groups excluding carboxylic acids is 3. The second kappa shape index (κ2) is 10.2. The average Bonchev–Trinajstić information content (AvgIpc) is 2.80. The molecule has 4 rings (SSSR count). The van der Waals surface area contributed by atoms with Gasteiger partial charge in [-0.25, -0.2) is 9.69 Å². The average molecular weight is 655 g/mol. The maximum absolute atomic E-state index is 13.1. The van der Waals surface area contributed by atoms with Crippen LogP contribution in [0.2, 0.25) is 5.02 Å². The van der Waals surface area contributed by atoms with Crippen LogP contribution in [0.1, 0.15) is 11.1 Å². The van der Waals surface area contributed by atoms with Crippen LogP contribution >= 0.6 is 43.5 Å². The summed E-state index contributed by atoms with van der Waals surface area (Å²) in [5.74, 6) is -1.72. The third-order valence-corrected chi connectivity index (χ3v) is 7.69. The molecule has 0 unspecified atom stereocenters. The molecule has 3 aromatic carbocycles. The van der Waals surface area contributed by atoms with Gasteiger partial charge in [-0.05, 0) is 99.0 Å². The van der Waals surface area contributed by atoms with E-state index in [1.165, 1.54) is 54.6 Å². The molecule has 12 heteroatoms. The molecule has 1 aliphatic heterocycles. The van der Waals surface area contributed by atoms with Gasteiger partial charge in [-0.1, -0.05) is 29.3 Å². The van der Waals surface area contributed by atoms with Crippen molar-refractivity contribution in [2.75, 3.05) is 4.90 Å². The number of imide groups is 2. The number of nitrogens with zero attached hydrogens (tertiary/aromatic N) is 1. The SMILES string of the molecule is Cc1ccc(S(=O)(=O)Oc2c(Br)cc(/C=C3\C(=O)NC(=O)N(c4ccc(Cl)cc4)C3=O)cc2Br)cc1. The van der Waals surface area contributed by atoms with Gasteiger partial charge < -0.3 is 4.18 Å². The minimum atomic E-state index is -4.13. The molecule has 0 aromatic heterocycles. The van der Waals surface area contributed by atoms with Crippen molar-refractivity contribution in [2.24, 2.45) is 0 Å². The van der Waals surface area contributed by atoms with Crippen molar-refractivity contribution in [1.29, 1.82) is 0 Å². The zero-order valence-electron chi connectivity index (χ0n) is 18.3. The second-order valence-corrected chi connectivity index (χ2v) is 11.3. The summed E-state index contributed by atoms with van der Waals surface area (Å²) in [5, 5.41) is 2.55. The highest BCUT2D eigenvalue weighted by Gasteiger charge is 2.37. The van der Waals surface area contributed by atoms with Crippen molar-refractivity contribution in [3.05, 3.63) is 91.3 Å². The van der Waals surface area contributed by atoms with Crippen molar-refractivity contribution in [1.82, 2.24) is 5.32 Å². The second-order valence-electron chi connectivity index (χ2n) is 7.60. The standard InChI is InChI=1S/C24H15Br2ClN2O6S/c1-13-2-8-17(9-3-13)36(33,34)35-21-19(25)11-14(12-20(21)26)10-18-22(30)28-24(32)29(23(18)31)16-6-4-15(27)5-7-16/h2-12H,1H3,(H,28,30,32)/b18-10+. The van der Waals surface area contributed by atoms with Crippen LogP contribution in [0, 0.1) is 6.92 Å². The number of urea groups is 1. The van der Waals surface area contributed by atoms with Crippen molar-refractivity contribution in [2.45, 2.75) is 11.8 Å². The summed E-state index contributed by atoms with van der Waals surface area (Å²) in [6.07, 6.45) is 1.28. The van der Waals surface area contributed by atoms with E-state index in [0.717, 1.165) is 10.5 Å². The molecular weight excluding hydrogens is 640 g/mol. The predicted molar refractivity (Wildman–Crippen MR) is 141 cm³/mol. The maximum Gasteiger partial charge on any atom is 0.339 e. The number of halogens is 3. The molecule has 0 bridgehead atoms. The van der Waals surface area contributed by atoms with Gasteiger partial charge in [0, 0.05) is 5.02 Å². The smallest absolute Gasteiger partial charge is 0.339 e. The summed E-state index contributed by atoms with van der Waals surface area (Å²) >= 11 is 12.4. The maximum atomic E-state index is 13.1. The minimum absolute atomic E-state index is 0.0184. The number of barbiturate groups is 1. The van der Waals surface area contributed by atoms with Gasteiger partial charge in [-0.3, -0.25) is 14.9 Å². The van der Waals surface area contributed by atoms with Crippen LogP contribution in [0.4, 0.5) is 10.5 Å². The highest BCUT2D eigenvalue weighted by atomic mass is 79.9. The zero-order valence-corrected chi connectivity index (χ0v) is 23.0. The summed E-state index contributed by atoms with van der Waals surface area (Å²) in [4.78, 5) is 38.7. The van der Waals surface area contributed by atoms with Gasteiger partial charge in [-0.15, -0.1) is 0 Å². The normalized spacial score (nSPS) is 15.3. The topological polar surface area (TPSA) is 110 Å². The Morgan fingerprint density at radius 2 is 1.53 bits per heavy atom. The lowest BCUT2D eigenvalue weighted by Crippen LogP contribution is -2.54. The fraction of sp³-hybridized carbons (Fsp3) is 0.0417. The molecule has 1 saturated heterocycles. The van der Waals surface area contributed by atoms with E-state index in [-0.39, 0.29) is 30.9 Å². The van der Waals surface area contributed by atoms with Crippen LogP contribution in [0.3, 0.4) is 0 Å². The third-order valence-electron chi connectivity index (χ3n) is 5.02. The Labute approximate surface area is 228 Å². The Morgan fingerprint density at radius 3 is 2.11 bits per heavy atom. The Morgan fingerprint density at radius 1 is 0.944 bits per heavy atom. The first-order valence-electron chi connectivity index (χ1n) is 10.1. The summed E-state index contributed by atoms with van der Waals surface area (Å²) < 4.78 is 31.2. The Kier molecular flexibility index (Phi) is 7.37. The van der Waals surface area contributed by atoms with E-state index >= 15 is 0 Å². The quantitative estimate of drug-likeness (QED) is 0.218.